The van der Waals surface area contributed by atoms with Crippen LogP contribution >= 0.6 is 0 Å². The minimum absolute atomic E-state index is 0.109. The van der Waals surface area contributed by atoms with Gasteiger partial charge < -0.3 is 10.8 Å². The van der Waals surface area contributed by atoms with E-state index < -0.39 is 12.0 Å². The zero-order valence-electron chi connectivity index (χ0n) is 11.9. The Hall–Kier alpha value is -3.20. The second-order valence-electron chi connectivity index (χ2n) is 4.72. The fraction of sp³-hybridized carbons (Fsp3) is 0.143. The Morgan fingerprint density at radius 2 is 1.91 bits per heavy atom. The first-order valence-electron chi connectivity index (χ1n) is 6.74. The minimum Gasteiger partial charge on any atom is -0.480 e. The second kappa shape index (κ2) is 6.28. The van der Waals surface area contributed by atoms with Gasteiger partial charge in [0.2, 0.25) is 0 Å². The predicted molar refractivity (Wildman–Crippen MR) is 79.5 cm³/mol. The SMILES string of the molecule is NC(Cc1cnc(-c2ccncn2)n1-c1ccncn1)C(=O)O. The van der Waals surface area contributed by atoms with E-state index in [0.29, 0.717) is 23.0 Å². The molecule has 0 radical (unpaired) electrons. The third-order valence-corrected chi connectivity index (χ3v) is 3.19. The Morgan fingerprint density at radius 3 is 2.52 bits per heavy atom. The van der Waals surface area contributed by atoms with Crippen LogP contribution in [0.15, 0.2) is 43.4 Å². The maximum Gasteiger partial charge on any atom is 0.320 e. The molecule has 3 rings (SSSR count). The molecular weight excluding hydrogens is 298 g/mol. The topological polar surface area (TPSA) is 133 Å². The highest BCUT2D eigenvalue weighted by Crippen LogP contribution is 2.21. The van der Waals surface area contributed by atoms with Gasteiger partial charge in [-0.2, -0.15) is 0 Å². The third-order valence-electron chi connectivity index (χ3n) is 3.19. The summed E-state index contributed by atoms with van der Waals surface area (Å²) in [5.41, 5.74) is 6.85. The van der Waals surface area contributed by atoms with Gasteiger partial charge in [-0.05, 0) is 12.1 Å². The van der Waals surface area contributed by atoms with E-state index in [2.05, 4.69) is 24.9 Å². The van der Waals surface area contributed by atoms with Crippen LogP contribution in [0.3, 0.4) is 0 Å². The van der Waals surface area contributed by atoms with Gasteiger partial charge in [-0.25, -0.2) is 24.9 Å². The number of carboxylic acids is 1. The summed E-state index contributed by atoms with van der Waals surface area (Å²) in [6.07, 6.45) is 7.69. The molecule has 0 aliphatic carbocycles. The van der Waals surface area contributed by atoms with Crippen molar-refractivity contribution in [3.8, 4) is 17.3 Å². The number of rotatable bonds is 5. The highest BCUT2D eigenvalue weighted by molar-refractivity contribution is 5.73. The summed E-state index contributed by atoms with van der Waals surface area (Å²) in [5, 5.41) is 9.03. The summed E-state index contributed by atoms with van der Waals surface area (Å²) in [7, 11) is 0. The average molecular weight is 311 g/mol. The van der Waals surface area contributed by atoms with Crippen LogP contribution in [0, 0.1) is 0 Å². The Morgan fingerprint density at radius 1 is 1.17 bits per heavy atom. The number of hydrogen-bond acceptors (Lipinski definition) is 7. The van der Waals surface area contributed by atoms with Gasteiger partial charge in [-0.3, -0.25) is 9.36 Å². The molecule has 0 aliphatic heterocycles. The van der Waals surface area contributed by atoms with Gasteiger partial charge in [-0.1, -0.05) is 0 Å². The molecule has 116 valence electrons. The largest absolute Gasteiger partial charge is 0.480 e. The normalized spacial score (nSPS) is 12.0. The van der Waals surface area contributed by atoms with Crippen molar-refractivity contribution in [1.29, 1.82) is 0 Å². The summed E-state index contributed by atoms with van der Waals surface area (Å²) in [6, 6.07) is 2.37. The number of aromatic nitrogens is 6. The van der Waals surface area contributed by atoms with Gasteiger partial charge in [0.25, 0.3) is 0 Å². The van der Waals surface area contributed by atoms with Crippen LogP contribution in [-0.4, -0.2) is 46.6 Å². The predicted octanol–water partition coefficient (Wildman–Crippen LogP) is 0.0737. The molecule has 0 spiro atoms. The molecule has 0 amide bonds. The smallest absolute Gasteiger partial charge is 0.320 e. The summed E-state index contributed by atoms with van der Waals surface area (Å²) >= 11 is 0. The molecule has 0 aromatic carbocycles. The van der Waals surface area contributed by atoms with Crippen LogP contribution in [0.5, 0.6) is 0 Å². The van der Waals surface area contributed by atoms with E-state index >= 15 is 0 Å². The fourth-order valence-corrected chi connectivity index (χ4v) is 2.12. The molecule has 3 heterocycles. The molecule has 3 aromatic heterocycles. The van der Waals surface area contributed by atoms with Crippen molar-refractivity contribution in [2.45, 2.75) is 12.5 Å². The van der Waals surface area contributed by atoms with Crippen molar-refractivity contribution in [2.75, 3.05) is 0 Å². The summed E-state index contributed by atoms with van der Waals surface area (Å²) in [4.78, 5) is 31.5. The lowest BCUT2D eigenvalue weighted by Crippen LogP contribution is -2.33. The summed E-state index contributed by atoms with van der Waals surface area (Å²) in [6.45, 7) is 0. The average Bonchev–Trinajstić information content (AvgIpc) is 3.00. The Labute approximate surface area is 130 Å². The second-order valence-corrected chi connectivity index (χ2v) is 4.72. The van der Waals surface area contributed by atoms with E-state index in [1.807, 2.05) is 0 Å². The van der Waals surface area contributed by atoms with Crippen LogP contribution in [0.2, 0.25) is 0 Å². The van der Waals surface area contributed by atoms with E-state index in [1.165, 1.54) is 12.7 Å². The molecule has 9 nitrogen and oxygen atoms in total. The molecule has 0 saturated carbocycles. The van der Waals surface area contributed by atoms with E-state index in [1.54, 1.807) is 35.3 Å². The molecule has 0 bridgehead atoms. The lowest BCUT2D eigenvalue weighted by atomic mass is 10.2. The lowest BCUT2D eigenvalue weighted by Gasteiger charge is -2.12. The Kier molecular flexibility index (Phi) is 4.02. The number of carbonyl (C=O) groups is 1. The summed E-state index contributed by atoms with van der Waals surface area (Å²) < 4.78 is 1.72. The summed E-state index contributed by atoms with van der Waals surface area (Å²) in [5.74, 6) is 0.00131. The monoisotopic (exact) mass is 311 g/mol. The maximum atomic E-state index is 11.0. The highest BCUT2D eigenvalue weighted by atomic mass is 16.4. The van der Waals surface area contributed by atoms with Gasteiger partial charge in [0.15, 0.2) is 5.82 Å². The van der Waals surface area contributed by atoms with Gasteiger partial charge in [0.1, 0.15) is 30.2 Å². The number of imidazole rings is 1. The van der Waals surface area contributed by atoms with Crippen LogP contribution in [-0.2, 0) is 11.2 Å². The first-order valence-corrected chi connectivity index (χ1v) is 6.74. The van der Waals surface area contributed by atoms with E-state index in [-0.39, 0.29) is 6.42 Å². The molecule has 23 heavy (non-hydrogen) atoms. The Bertz CT molecular complexity index is 805. The van der Waals surface area contributed by atoms with Crippen molar-refractivity contribution in [3.63, 3.8) is 0 Å². The number of hydrogen-bond donors (Lipinski definition) is 2. The van der Waals surface area contributed by atoms with E-state index in [0.717, 1.165) is 0 Å². The van der Waals surface area contributed by atoms with Crippen LogP contribution in [0.1, 0.15) is 5.69 Å². The van der Waals surface area contributed by atoms with Crippen LogP contribution < -0.4 is 5.73 Å². The molecule has 0 saturated heterocycles. The minimum atomic E-state index is -1.08. The first-order chi connectivity index (χ1) is 11.2. The van der Waals surface area contributed by atoms with E-state index in [9.17, 15) is 4.79 Å². The number of nitrogens with zero attached hydrogens (tertiary/aromatic N) is 6. The maximum absolute atomic E-state index is 11.0. The zero-order valence-corrected chi connectivity index (χ0v) is 11.9. The Balaban J connectivity index is 2.11. The molecule has 3 aromatic rings. The number of carboxylic acid groups (broad SMARTS) is 1. The molecular formula is C14H13N7O2. The molecule has 1 atom stereocenters. The number of nitrogens with two attached hydrogens (primary N) is 1. The standard InChI is InChI=1S/C14H13N7O2/c15-10(14(22)23)5-9-6-18-13(11-1-3-16-7-19-11)21(9)12-2-4-17-8-20-12/h1-4,6-8,10H,5,15H2,(H,22,23). The molecule has 1 unspecified atom stereocenters. The molecule has 0 fully saturated rings. The van der Waals surface area contributed by atoms with Crippen molar-refractivity contribution >= 4 is 5.97 Å². The quantitative estimate of drug-likeness (QED) is 0.676. The van der Waals surface area contributed by atoms with Gasteiger partial charge in [0, 0.05) is 30.7 Å². The molecule has 3 N–H and O–H groups in total. The van der Waals surface area contributed by atoms with E-state index in [4.69, 9.17) is 10.8 Å². The zero-order chi connectivity index (χ0) is 16.2. The van der Waals surface area contributed by atoms with Gasteiger partial charge >= 0.3 is 5.97 Å². The van der Waals surface area contributed by atoms with Gasteiger partial charge in [-0.15, -0.1) is 0 Å². The van der Waals surface area contributed by atoms with Crippen LogP contribution in [0.4, 0.5) is 0 Å². The van der Waals surface area contributed by atoms with Crippen molar-refractivity contribution in [3.05, 3.63) is 49.1 Å². The van der Waals surface area contributed by atoms with Crippen molar-refractivity contribution < 1.29 is 9.90 Å². The third kappa shape index (κ3) is 3.04. The highest BCUT2D eigenvalue weighted by Gasteiger charge is 2.20. The van der Waals surface area contributed by atoms with Crippen molar-refractivity contribution in [2.24, 2.45) is 5.73 Å². The fourth-order valence-electron chi connectivity index (χ4n) is 2.12. The number of aliphatic carboxylic acids is 1. The molecule has 0 aliphatic rings. The first kappa shape index (κ1) is 14.7. The van der Waals surface area contributed by atoms with Crippen molar-refractivity contribution in [1.82, 2.24) is 29.5 Å². The molecule has 9 heteroatoms. The lowest BCUT2D eigenvalue weighted by molar-refractivity contribution is -0.138. The van der Waals surface area contributed by atoms with Crippen LogP contribution in [0.25, 0.3) is 17.3 Å². The van der Waals surface area contributed by atoms with Gasteiger partial charge in [0.05, 0.1) is 0 Å².